The fourth-order valence-electron chi connectivity index (χ4n) is 3.74. The highest BCUT2D eigenvalue weighted by Gasteiger charge is 2.30. The summed E-state index contributed by atoms with van der Waals surface area (Å²) < 4.78 is 13.5. The summed E-state index contributed by atoms with van der Waals surface area (Å²) in [5, 5.41) is 2.97. The Balaban J connectivity index is 1.81. The molecule has 3 aromatic carbocycles. The SMILES string of the molecule is CCCNC(=O)[C@@H](Cc1ccccc1)N(Cc1ccc(F)cc1)C(=O)CCSc1ccc(C)cc1. The predicted molar refractivity (Wildman–Crippen MR) is 141 cm³/mol. The zero-order valence-corrected chi connectivity index (χ0v) is 21.2. The van der Waals surface area contributed by atoms with Gasteiger partial charge in [0.1, 0.15) is 11.9 Å². The third-order valence-electron chi connectivity index (χ3n) is 5.69. The topological polar surface area (TPSA) is 49.4 Å². The van der Waals surface area contributed by atoms with Crippen LogP contribution < -0.4 is 5.32 Å². The minimum absolute atomic E-state index is 0.0958. The molecule has 4 nitrogen and oxygen atoms in total. The number of carbonyl (C=O) groups is 2. The van der Waals surface area contributed by atoms with Crippen LogP contribution in [0.25, 0.3) is 0 Å². The van der Waals surface area contributed by atoms with Gasteiger partial charge < -0.3 is 10.2 Å². The maximum Gasteiger partial charge on any atom is 0.243 e. The van der Waals surface area contributed by atoms with Crippen LogP contribution in [0, 0.1) is 12.7 Å². The Morgan fingerprint density at radius 3 is 2.29 bits per heavy atom. The lowest BCUT2D eigenvalue weighted by atomic mass is 10.0. The summed E-state index contributed by atoms with van der Waals surface area (Å²) in [6.45, 7) is 4.83. The fourth-order valence-corrected chi connectivity index (χ4v) is 4.58. The van der Waals surface area contributed by atoms with Gasteiger partial charge in [-0.1, -0.05) is 67.1 Å². The smallest absolute Gasteiger partial charge is 0.243 e. The number of nitrogens with zero attached hydrogens (tertiary/aromatic N) is 1. The van der Waals surface area contributed by atoms with E-state index in [1.165, 1.54) is 17.7 Å². The van der Waals surface area contributed by atoms with Crippen LogP contribution in [0.1, 0.15) is 36.5 Å². The van der Waals surface area contributed by atoms with E-state index in [2.05, 4.69) is 29.6 Å². The van der Waals surface area contributed by atoms with Crippen molar-refractivity contribution in [3.05, 3.63) is 101 Å². The van der Waals surface area contributed by atoms with Crippen LogP contribution >= 0.6 is 11.8 Å². The predicted octanol–water partition coefficient (Wildman–Crippen LogP) is 5.78. The van der Waals surface area contributed by atoms with Gasteiger partial charge in [-0.25, -0.2) is 4.39 Å². The minimum Gasteiger partial charge on any atom is -0.354 e. The summed E-state index contributed by atoms with van der Waals surface area (Å²) in [5.41, 5.74) is 2.96. The van der Waals surface area contributed by atoms with Gasteiger partial charge in [-0.3, -0.25) is 9.59 Å². The highest BCUT2D eigenvalue weighted by molar-refractivity contribution is 7.99. The number of hydrogen-bond acceptors (Lipinski definition) is 3. The molecular formula is C29H33FN2O2S. The second kappa shape index (κ2) is 13.7. The first-order chi connectivity index (χ1) is 17.0. The zero-order chi connectivity index (χ0) is 25.0. The molecule has 0 spiro atoms. The van der Waals surface area contributed by atoms with E-state index in [1.807, 2.05) is 44.2 Å². The van der Waals surface area contributed by atoms with Gasteiger partial charge in [0.05, 0.1) is 0 Å². The highest BCUT2D eigenvalue weighted by Crippen LogP contribution is 2.21. The molecule has 0 fully saturated rings. The maximum absolute atomic E-state index is 13.5. The van der Waals surface area contributed by atoms with Crippen molar-refractivity contribution >= 4 is 23.6 Å². The first-order valence-electron chi connectivity index (χ1n) is 12.0. The van der Waals surface area contributed by atoms with E-state index in [0.717, 1.165) is 22.4 Å². The van der Waals surface area contributed by atoms with Crippen molar-refractivity contribution in [2.24, 2.45) is 0 Å². The Morgan fingerprint density at radius 2 is 1.63 bits per heavy atom. The van der Waals surface area contributed by atoms with Crippen molar-refractivity contribution in [3.63, 3.8) is 0 Å². The van der Waals surface area contributed by atoms with Crippen molar-refractivity contribution < 1.29 is 14.0 Å². The quantitative estimate of drug-likeness (QED) is 0.326. The Kier molecular flexibility index (Phi) is 10.4. The second-order valence-electron chi connectivity index (χ2n) is 8.56. The number of benzene rings is 3. The molecule has 3 aromatic rings. The first-order valence-corrected chi connectivity index (χ1v) is 13.0. The molecule has 6 heteroatoms. The Bertz CT molecular complexity index is 1070. The molecule has 0 aromatic heterocycles. The second-order valence-corrected chi connectivity index (χ2v) is 9.72. The van der Waals surface area contributed by atoms with Gasteiger partial charge in [-0.2, -0.15) is 0 Å². The first kappa shape index (κ1) is 26.5. The molecule has 0 heterocycles. The number of rotatable bonds is 12. The number of hydrogen-bond donors (Lipinski definition) is 1. The molecule has 1 atom stereocenters. The summed E-state index contributed by atoms with van der Waals surface area (Å²) in [6.07, 6.45) is 1.52. The van der Waals surface area contributed by atoms with E-state index in [-0.39, 0.29) is 24.2 Å². The summed E-state index contributed by atoms with van der Waals surface area (Å²) in [5.74, 6) is 0.0118. The van der Waals surface area contributed by atoms with Crippen LogP contribution in [0.5, 0.6) is 0 Å². The van der Waals surface area contributed by atoms with Gasteiger partial charge in [-0.05, 0) is 48.7 Å². The van der Waals surface area contributed by atoms with E-state index < -0.39 is 6.04 Å². The lowest BCUT2D eigenvalue weighted by molar-refractivity contribution is -0.141. The molecule has 2 amide bonds. The van der Waals surface area contributed by atoms with Crippen molar-refractivity contribution in [1.82, 2.24) is 10.2 Å². The number of halogens is 1. The van der Waals surface area contributed by atoms with Gasteiger partial charge in [-0.15, -0.1) is 11.8 Å². The summed E-state index contributed by atoms with van der Waals surface area (Å²) >= 11 is 1.62. The molecule has 0 radical (unpaired) electrons. The maximum atomic E-state index is 13.5. The van der Waals surface area contributed by atoms with E-state index in [4.69, 9.17) is 0 Å². The molecule has 3 rings (SSSR count). The molecular weight excluding hydrogens is 459 g/mol. The highest BCUT2D eigenvalue weighted by atomic mass is 32.2. The third kappa shape index (κ3) is 8.55. The van der Waals surface area contributed by atoms with Gasteiger partial charge in [0.25, 0.3) is 0 Å². The van der Waals surface area contributed by atoms with E-state index in [9.17, 15) is 14.0 Å². The van der Waals surface area contributed by atoms with Crippen molar-refractivity contribution in [3.8, 4) is 0 Å². The number of amides is 2. The number of thioether (sulfide) groups is 1. The van der Waals surface area contributed by atoms with Crippen LogP contribution in [0.2, 0.25) is 0 Å². The van der Waals surface area contributed by atoms with Crippen LogP contribution in [-0.4, -0.2) is 35.1 Å². The van der Waals surface area contributed by atoms with Gasteiger partial charge in [0.15, 0.2) is 0 Å². The summed E-state index contributed by atoms with van der Waals surface area (Å²) in [6, 6.07) is 23.4. The monoisotopic (exact) mass is 492 g/mol. The lowest BCUT2D eigenvalue weighted by Gasteiger charge is -2.31. The number of aryl methyl sites for hydroxylation is 1. The van der Waals surface area contributed by atoms with Crippen LogP contribution in [0.4, 0.5) is 4.39 Å². The molecule has 0 saturated carbocycles. The number of nitrogens with one attached hydrogen (secondary N) is 1. The molecule has 0 saturated heterocycles. The third-order valence-corrected chi connectivity index (χ3v) is 6.71. The van der Waals surface area contributed by atoms with E-state index in [1.54, 1.807) is 28.8 Å². The van der Waals surface area contributed by atoms with Crippen LogP contribution in [0.15, 0.2) is 83.8 Å². The van der Waals surface area contributed by atoms with Crippen molar-refractivity contribution in [2.45, 2.75) is 50.6 Å². The van der Waals surface area contributed by atoms with Crippen LogP contribution in [0.3, 0.4) is 0 Å². The van der Waals surface area contributed by atoms with Gasteiger partial charge in [0, 0.05) is 36.6 Å². The molecule has 35 heavy (non-hydrogen) atoms. The Hall–Kier alpha value is -3.12. The average molecular weight is 493 g/mol. The van der Waals surface area contributed by atoms with Crippen LogP contribution in [-0.2, 0) is 22.6 Å². The standard InChI is InChI=1S/C29H33FN2O2S/c1-3-18-31-29(34)27(20-23-7-5-4-6-8-23)32(21-24-11-13-25(30)14-12-24)28(33)17-19-35-26-15-9-22(2)10-16-26/h4-16,27H,3,17-21H2,1-2H3,(H,31,34)/t27-/m1/s1. The Morgan fingerprint density at radius 1 is 0.943 bits per heavy atom. The van der Waals surface area contributed by atoms with Gasteiger partial charge in [0.2, 0.25) is 11.8 Å². The fraction of sp³-hybridized carbons (Fsp3) is 0.310. The average Bonchev–Trinajstić information content (AvgIpc) is 2.87. The van der Waals surface area contributed by atoms with Gasteiger partial charge >= 0.3 is 0 Å². The molecule has 1 N–H and O–H groups in total. The van der Waals surface area contributed by atoms with E-state index in [0.29, 0.717) is 25.1 Å². The molecule has 0 aliphatic heterocycles. The molecule has 0 unspecified atom stereocenters. The van der Waals surface area contributed by atoms with E-state index >= 15 is 0 Å². The Labute approximate surface area is 211 Å². The summed E-state index contributed by atoms with van der Waals surface area (Å²) in [4.78, 5) is 29.5. The number of carbonyl (C=O) groups excluding carboxylic acids is 2. The minimum atomic E-state index is -0.661. The summed E-state index contributed by atoms with van der Waals surface area (Å²) in [7, 11) is 0. The zero-order valence-electron chi connectivity index (χ0n) is 20.4. The molecule has 0 aliphatic carbocycles. The molecule has 0 bridgehead atoms. The normalized spacial score (nSPS) is 11.6. The molecule has 184 valence electrons. The van der Waals surface area contributed by atoms with Crippen molar-refractivity contribution in [2.75, 3.05) is 12.3 Å². The largest absolute Gasteiger partial charge is 0.354 e. The molecule has 0 aliphatic rings. The lowest BCUT2D eigenvalue weighted by Crippen LogP contribution is -2.50. The van der Waals surface area contributed by atoms with Crippen molar-refractivity contribution in [1.29, 1.82) is 0 Å².